The fraction of sp³-hybridized carbons (Fsp3) is 0. The van der Waals surface area contributed by atoms with Crippen LogP contribution in [0.4, 0.5) is 17.1 Å². The Hall–Kier alpha value is -12.2. The molecule has 4 heterocycles. The molecule has 0 atom stereocenters. The van der Waals surface area contributed by atoms with Gasteiger partial charge in [0.25, 0.3) is 6.71 Å². The molecule has 0 saturated carbocycles. The van der Waals surface area contributed by atoms with E-state index < -0.39 is 0 Å². The highest BCUT2D eigenvalue weighted by Gasteiger charge is 2.44. The summed E-state index contributed by atoms with van der Waals surface area (Å²) >= 11 is 0. The minimum Gasteiger partial charge on any atom is -0.310 e. The second-order valence-electron chi connectivity index (χ2n) is 25.1. The fourth-order valence-electron chi connectivity index (χ4n) is 15.6. The molecule has 0 aliphatic carbocycles. The van der Waals surface area contributed by atoms with Crippen LogP contribution in [0, 0.1) is 0 Å². The van der Waals surface area contributed by atoms with E-state index in [4.69, 9.17) is 0 Å². The fourth-order valence-corrected chi connectivity index (χ4v) is 15.6. The van der Waals surface area contributed by atoms with Crippen LogP contribution in [0.3, 0.4) is 0 Å². The highest BCUT2D eigenvalue weighted by molar-refractivity contribution is 7.00. The first-order chi connectivity index (χ1) is 46.6. The number of para-hydroxylation sites is 2. The number of aromatic nitrogens is 2. The topological polar surface area (TPSA) is 13.1 Å². The summed E-state index contributed by atoms with van der Waals surface area (Å²) in [5.74, 6) is 0. The number of fused-ring (bicyclic) bond motifs is 10. The van der Waals surface area contributed by atoms with Crippen LogP contribution in [-0.4, -0.2) is 15.8 Å². The van der Waals surface area contributed by atoms with Crippen LogP contribution in [-0.2, 0) is 0 Å². The summed E-state index contributed by atoms with van der Waals surface area (Å²) in [6.07, 6.45) is 0. The molecule has 0 N–H and O–H groups in total. The lowest BCUT2D eigenvalue weighted by molar-refractivity contribution is 1.17. The Kier molecular flexibility index (Phi) is 12.4. The van der Waals surface area contributed by atoms with Crippen molar-refractivity contribution in [3.63, 3.8) is 0 Å². The Morgan fingerprint density at radius 1 is 0.213 bits per heavy atom. The average Bonchev–Trinajstić information content (AvgIpc) is 1.32. The summed E-state index contributed by atoms with van der Waals surface area (Å²) in [4.78, 5) is 2.70. The van der Waals surface area contributed by atoms with Crippen LogP contribution in [0.15, 0.2) is 352 Å². The maximum atomic E-state index is 2.70. The lowest BCUT2D eigenvalue weighted by atomic mass is 9.33. The van der Waals surface area contributed by atoms with Crippen LogP contribution in [0.1, 0.15) is 0 Å². The van der Waals surface area contributed by atoms with Crippen molar-refractivity contribution in [1.82, 2.24) is 9.13 Å². The molecule has 94 heavy (non-hydrogen) atoms. The molecule has 17 aromatic rings. The van der Waals surface area contributed by atoms with E-state index >= 15 is 0 Å². The Bertz CT molecular complexity index is 5760. The smallest absolute Gasteiger partial charge is 0.252 e. The summed E-state index contributed by atoms with van der Waals surface area (Å²) in [6, 6.07) is 131. The first-order valence-corrected chi connectivity index (χ1v) is 32.6. The summed E-state index contributed by atoms with van der Waals surface area (Å²) < 4.78 is 5.15. The second kappa shape index (κ2) is 21.7. The first-order valence-electron chi connectivity index (χ1n) is 32.6. The van der Waals surface area contributed by atoms with E-state index in [9.17, 15) is 0 Å². The number of benzene rings is 15. The molecular formula is C90H58BN3. The van der Waals surface area contributed by atoms with Crippen molar-refractivity contribution >= 4 is 83.8 Å². The predicted molar refractivity (Wildman–Crippen MR) is 398 cm³/mol. The molecule has 0 saturated heterocycles. The molecule has 2 aromatic heterocycles. The van der Waals surface area contributed by atoms with E-state index in [1.807, 2.05) is 0 Å². The third kappa shape index (κ3) is 8.61. The van der Waals surface area contributed by atoms with Gasteiger partial charge in [0.15, 0.2) is 0 Å². The first kappa shape index (κ1) is 53.6. The van der Waals surface area contributed by atoms with Crippen LogP contribution in [0.2, 0.25) is 0 Å². The highest BCUT2D eigenvalue weighted by Crippen LogP contribution is 2.53. The third-order valence-electron chi connectivity index (χ3n) is 19.8. The summed E-state index contributed by atoms with van der Waals surface area (Å²) in [7, 11) is 0. The molecule has 19 rings (SSSR count). The van der Waals surface area contributed by atoms with Crippen LogP contribution >= 0.6 is 0 Å². The van der Waals surface area contributed by atoms with Gasteiger partial charge in [-0.15, -0.1) is 0 Å². The van der Waals surface area contributed by atoms with Gasteiger partial charge in [-0.1, -0.05) is 267 Å². The average molecular weight is 1190 g/mol. The van der Waals surface area contributed by atoms with Gasteiger partial charge in [0, 0.05) is 60.9 Å². The number of hydrogen-bond acceptors (Lipinski definition) is 1. The van der Waals surface area contributed by atoms with Crippen LogP contribution < -0.4 is 21.3 Å². The van der Waals surface area contributed by atoms with Crippen LogP contribution in [0.25, 0.3) is 144 Å². The van der Waals surface area contributed by atoms with Gasteiger partial charge in [-0.2, -0.15) is 0 Å². The van der Waals surface area contributed by atoms with Gasteiger partial charge in [-0.25, -0.2) is 0 Å². The maximum absolute atomic E-state index is 2.70. The molecule has 0 bridgehead atoms. The van der Waals surface area contributed by atoms with Crippen molar-refractivity contribution < 1.29 is 0 Å². The van der Waals surface area contributed by atoms with Crippen molar-refractivity contribution in [1.29, 1.82) is 0 Å². The molecule has 15 aromatic carbocycles. The molecular weight excluding hydrogens is 1130 g/mol. The monoisotopic (exact) mass is 1190 g/mol. The summed E-state index contributed by atoms with van der Waals surface area (Å²) in [5, 5.41) is 4.84. The molecule has 0 spiro atoms. The Balaban J connectivity index is 0.987. The molecule has 3 nitrogen and oxygen atoms in total. The van der Waals surface area contributed by atoms with Gasteiger partial charge >= 0.3 is 0 Å². The largest absolute Gasteiger partial charge is 0.310 e. The van der Waals surface area contributed by atoms with E-state index in [-0.39, 0.29) is 6.71 Å². The van der Waals surface area contributed by atoms with Gasteiger partial charge in [-0.05, 0) is 179 Å². The Labute approximate surface area is 546 Å². The molecule has 436 valence electrons. The number of rotatable bonds is 10. The third-order valence-corrected chi connectivity index (χ3v) is 19.8. The summed E-state index contributed by atoms with van der Waals surface area (Å²) in [5.41, 5.74) is 32.9. The van der Waals surface area contributed by atoms with E-state index in [0.29, 0.717) is 0 Å². The van der Waals surface area contributed by atoms with Gasteiger partial charge in [0.1, 0.15) is 0 Å². The zero-order valence-corrected chi connectivity index (χ0v) is 51.4. The quantitative estimate of drug-likeness (QED) is 0.124. The van der Waals surface area contributed by atoms with Gasteiger partial charge in [0.2, 0.25) is 0 Å². The van der Waals surface area contributed by atoms with E-state index in [0.717, 1.165) is 61.7 Å². The number of nitrogens with zero attached hydrogens (tertiary/aromatic N) is 3. The van der Waals surface area contributed by atoms with Crippen LogP contribution in [0.5, 0.6) is 0 Å². The van der Waals surface area contributed by atoms with Gasteiger partial charge in [-0.3, -0.25) is 0 Å². The standard InChI is InChI=1S/C90H58BN3/c1-8-26-59(27-9-1)65-38-24-40-67(48-65)69-46-47-83-77(50-69)79-53-71(68-41-25-39-66(49-68)60-28-10-2-11-29-60)54-81-90(79)93(83)86-55-72(62-32-14-4-15-33-62)56-87-88(86)91(81)80-58-84-78(74-44-22-23-45-82(74)92(84)73-42-20-7-21-43-73)57-85(80)94(87)89-75(63-34-16-5-17-35-63)51-70(61-30-12-3-13-31-61)52-76(89)64-36-18-6-19-37-64/h1-58H. The zero-order chi connectivity index (χ0) is 61.8. The van der Waals surface area contributed by atoms with Crippen molar-refractivity contribution in [3.05, 3.63) is 352 Å². The maximum Gasteiger partial charge on any atom is 0.252 e. The highest BCUT2D eigenvalue weighted by atomic mass is 15.2. The van der Waals surface area contributed by atoms with E-state index in [1.165, 1.54) is 116 Å². The number of anilines is 3. The molecule has 4 heteroatoms. The van der Waals surface area contributed by atoms with Crippen molar-refractivity contribution in [2.45, 2.75) is 0 Å². The van der Waals surface area contributed by atoms with Gasteiger partial charge < -0.3 is 14.0 Å². The Morgan fingerprint density at radius 3 is 1.20 bits per heavy atom. The van der Waals surface area contributed by atoms with E-state index in [2.05, 4.69) is 366 Å². The molecule has 0 amide bonds. The van der Waals surface area contributed by atoms with E-state index in [1.54, 1.807) is 0 Å². The molecule has 2 aliphatic rings. The van der Waals surface area contributed by atoms with Crippen molar-refractivity contribution in [2.75, 3.05) is 4.90 Å². The SMILES string of the molecule is c1ccc(-c2cccc(-c3ccc4c(c3)c3cc(-c5cccc(-c6ccccc6)c5)cc5c3n4-c3cc(-c4ccccc4)cc4c3B5c3cc5c(cc3N4c3c(-c4ccccc4)cc(-c4ccccc4)cc3-c3ccccc3)c3ccccc3n5-c3ccccc3)c2)cc1. The number of hydrogen-bond donors (Lipinski definition) is 0. The zero-order valence-electron chi connectivity index (χ0n) is 51.4. The molecule has 0 fully saturated rings. The minimum absolute atomic E-state index is 0.227. The van der Waals surface area contributed by atoms with Crippen molar-refractivity contribution in [3.8, 4) is 100 Å². The summed E-state index contributed by atoms with van der Waals surface area (Å²) in [6.45, 7) is -0.227. The van der Waals surface area contributed by atoms with Crippen molar-refractivity contribution in [2.24, 2.45) is 0 Å². The molecule has 0 radical (unpaired) electrons. The predicted octanol–water partition coefficient (Wildman–Crippen LogP) is 21.8. The lowest BCUT2D eigenvalue weighted by Crippen LogP contribution is -2.60. The minimum atomic E-state index is -0.227. The normalized spacial score (nSPS) is 12.2. The molecule has 0 unspecified atom stereocenters. The second-order valence-corrected chi connectivity index (χ2v) is 25.1. The molecule has 2 aliphatic heterocycles. The lowest BCUT2D eigenvalue weighted by Gasteiger charge is -2.42. The van der Waals surface area contributed by atoms with Gasteiger partial charge in [0.05, 0.1) is 22.2 Å². The Morgan fingerprint density at radius 2 is 0.628 bits per heavy atom.